The molecule has 3 aromatic rings. The average molecular weight is 445 g/mol. The molecule has 0 spiro atoms. The number of Topliss-reactive ketones (excluding diaryl/α,β-unsaturated/α-hetero) is 1. The molecule has 0 radical (unpaired) electrons. The normalized spacial score (nSPS) is 20.5. The van der Waals surface area contributed by atoms with Crippen LogP contribution < -0.4 is 5.32 Å². The number of oxazole rings is 1. The number of likely N-dealkylation sites (tertiary alicyclic amines) is 1. The Hall–Kier alpha value is -3.78. The highest BCUT2D eigenvalue weighted by molar-refractivity contribution is 5.99. The lowest BCUT2D eigenvalue weighted by Crippen LogP contribution is -2.53. The summed E-state index contributed by atoms with van der Waals surface area (Å²) in [5, 5.41) is 2.89. The average Bonchev–Trinajstić information content (AvgIpc) is 3.59. The van der Waals surface area contributed by atoms with Crippen LogP contribution in [0.4, 0.5) is 0 Å². The maximum Gasteiger partial charge on any atom is 0.251 e. The molecule has 5 rings (SSSR count). The molecule has 2 amide bonds. The lowest BCUT2D eigenvalue weighted by atomic mass is 10.0. The smallest absolute Gasteiger partial charge is 0.251 e. The summed E-state index contributed by atoms with van der Waals surface area (Å²) in [7, 11) is 0. The highest BCUT2D eigenvalue weighted by Crippen LogP contribution is 2.28. The van der Waals surface area contributed by atoms with E-state index in [0.717, 1.165) is 11.1 Å². The number of carbonyl (C=O) groups excluding carboxylic acids is 3. The number of amides is 2. The minimum absolute atomic E-state index is 0.0341. The summed E-state index contributed by atoms with van der Waals surface area (Å²) in [6.07, 6.45) is 3.64. The Kier molecular flexibility index (Phi) is 5.75. The van der Waals surface area contributed by atoms with Crippen LogP contribution in [0.1, 0.15) is 22.3 Å². The number of ketones is 1. The van der Waals surface area contributed by atoms with E-state index in [2.05, 4.69) is 10.3 Å². The third-order valence-corrected chi connectivity index (χ3v) is 6.15. The zero-order valence-electron chi connectivity index (χ0n) is 17.8. The highest BCUT2D eigenvalue weighted by atomic mass is 16.5. The predicted octanol–water partition coefficient (Wildman–Crippen LogP) is 2.25. The van der Waals surface area contributed by atoms with Gasteiger partial charge in [0.1, 0.15) is 18.7 Å². The second kappa shape index (κ2) is 8.99. The van der Waals surface area contributed by atoms with Crippen molar-refractivity contribution in [2.75, 3.05) is 13.2 Å². The summed E-state index contributed by atoms with van der Waals surface area (Å²) in [4.78, 5) is 44.3. The molecule has 33 heavy (non-hydrogen) atoms. The van der Waals surface area contributed by atoms with E-state index in [9.17, 15) is 14.4 Å². The second-order valence-corrected chi connectivity index (χ2v) is 8.24. The Morgan fingerprint density at radius 1 is 1.12 bits per heavy atom. The van der Waals surface area contributed by atoms with Gasteiger partial charge in [-0.05, 0) is 24.1 Å². The Bertz CT molecular complexity index is 1140. The van der Waals surface area contributed by atoms with E-state index in [-0.39, 0.29) is 30.3 Å². The first-order chi connectivity index (χ1) is 16.1. The second-order valence-electron chi connectivity index (χ2n) is 8.24. The Balaban J connectivity index is 1.35. The lowest BCUT2D eigenvalue weighted by Gasteiger charge is -2.27. The fourth-order valence-corrected chi connectivity index (χ4v) is 4.48. The number of hydrogen-bond acceptors (Lipinski definition) is 6. The van der Waals surface area contributed by atoms with Crippen LogP contribution in [0.25, 0.3) is 11.3 Å². The molecule has 8 nitrogen and oxygen atoms in total. The molecule has 3 unspecified atom stereocenters. The van der Waals surface area contributed by atoms with Crippen molar-refractivity contribution in [3.8, 4) is 11.3 Å². The molecule has 3 atom stereocenters. The maximum atomic E-state index is 13.5. The number of nitrogens with zero attached hydrogens (tertiary/aromatic N) is 2. The third kappa shape index (κ3) is 4.29. The topological polar surface area (TPSA) is 102 Å². The summed E-state index contributed by atoms with van der Waals surface area (Å²) in [5.74, 6) is -0.111. The van der Waals surface area contributed by atoms with Gasteiger partial charge in [0.05, 0.1) is 12.3 Å². The molecule has 2 saturated heterocycles. The minimum atomic E-state index is -0.805. The summed E-state index contributed by atoms with van der Waals surface area (Å²) >= 11 is 0. The van der Waals surface area contributed by atoms with E-state index in [4.69, 9.17) is 9.15 Å². The SMILES string of the molecule is O=C(NC(Cc1ccccc1)C(=O)N1CCC2OCC(=O)C21)c1ccc(-c2cnco2)cc1. The van der Waals surface area contributed by atoms with Crippen LogP contribution in [0.5, 0.6) is 0 Å². The fourth-order valence-electron chi connectivity index (χ4n) is 4.48. The van der Waals surface area contributed by atoms with Gasteiger partial charge in [0.25, 0.3) is 5.91 Å². The molecule has 2 fully saturated rings. The van der Waals surface area contributed by atoms with Crippen molar-refractivity contribution < 1.29 is 23.5 Å². The number of rotatable bonds is 6. The van der Waals surface area contributed by atoms with Gasteiger partial charge in [-0.1, -0.05) is 42.5 Å². The number of benzene rings is 2. The zero-order valence-corrected chi connectivity index (χ0v) is 17.8. The van der Waals surface area contributed by atoms with Crippen LogP contribution in [0.3, 0.4) is 0 Å². The van der Waals surface area contributed by atoms with E-state index in [1.165, 1.54) is 6.39 Å². The fraction of sp³-hybridized carbons (Fsp3) is 0.280. The van der Waals surface area contributed by atoms with E-state index < -0.39 is 12.1 Å². The minimum Gasteiger partial charge on any atom is -0.444 e. The first-order valence-corrected chi connectivity index (χ1v) is 10.9. The van der Waals surface area contributed by atoms with Crippen LogP contribution >= 0.6 is 0 Å². The van der Waals surface area contributed by atoms with Crippen molar-refractivity contribution in [1.29, 1.82) is 0 Å². The predicted molar refractivity (Wildman–Crippen MR) is 118 cm³/mol. The molecule has 0 saturated carbocycles. The molecule has 0 bridgehead atoms. The van der Waals surface area contributed by atoms with E-state index >= 15 is 0 Å². The van der Waals surface area contributed by atoms with Gasteiger partial charge >= 0.3 is 0 Å². The first kappa shape index (κ1) is 21.1. The van der Waals surface area contributed by atoms with Crippen molar-refractivity contribution in [2.24, 2.45) is 0 Å². The number of fused-ring (bicyclic) bond motifs is 1. The maximum absolute atomic E-state index is 13.5. The van der Waals surface area contributed by atoms with E-state index in [1.807, 2.05) is 30.3 Å². The van der Waals surface area contributed by atoms with Gasteiger partial charge in [-0.3, -0.25) is 14.4 Å². The van der Waals surface area contributed by atoms with Gasteiger partial charge in [-0.2, -0.15) is 0 Å². The van der Waals surface area contributed by atoms with Gasteiger partial charge in [-0.15, -0.1) is 0 Å². The van der Waals surface area contributed by atoms with Gasteiger partial charge in [0.2, 0.25) is 5.91 Å². The third-order valence-electron chi connectivity index (χ3n) is 6.15. The molecular weight excluding hydrogens is 422 g/mol. The quantitative estimate of drug-likeness (QED) is 0.625. The van der Waals surface area contributed by atoms with Gasteiger partial charge in [-0.25, -0.2) is 4.98 Å². The number of nitrogens with one attached hydrogen (secondary N) is 1. The summed E-state index contributed by atoms with van der Waals surface area (Å²) < 4.78 is 10.8. The molecular formula is C25H23N3O5. The summed E-state index contributed by atoms with van der Waals surface area (Å²) in [5.41, 5.74) is 2.13. The molecule has 2 aliphatic heterocycles. The summed E-state index contributed by atoms with van der Waals surface area (Å²) in [6.45, 7) is 0.472. The molecule has 168 valence electrons. The Morgan fingerprint density at radius 2 is 1.91 bits per heavy atom. The Morgan fingerprint density at radius 3 is 2.64 bits per heavy atom. The molecule has 0 aliphatic carbocycles. The van der Waals surface area contributed by atoms with Crippen LogP contribution in [0.2, 0.25) is 0 Å². The molecule has 1 aromatic heterocycles. The monoisotopic (exact) mass is 445 g/mol. The van der Waals surface area contributed by atoms with Crippen LogP contribution in [-0.2, 0) is 20.7 Å². The van der Waals surface area contributed by atoms with E-state index in [1.54, 1.807) is 35.4 Å². The van der Waals surface area contributed by atoms with Crippen molar-refractivity contribution >= 4 is 17.6 Å². The molecule has 2 aliphatic rings. The van der Waals surface area contributed by atoms with Crippen molar-refractivity contribution in [2.45, 2.75) is 31.0 Å². The number of aromatic nitrogens is 1. The molecule has 1 N–H and O–H groups in total. The summed E-state index contributed by atoms with van der Waals surface area (Å²) in [6, 6.07) is 15.0. The van der Waals surface area contributed by atoms with Crippen molar-refractivity contribution in [3.63, 3.8) is 0 Å². The lowest BCUT2D eigenvalue weighted by molar-refractivity contribution is -0.138. The van der Waals surface area contributed by atoms with Crippen molar-refractivity contribution in [1.82, 2.24) is 15.2 Å². The molecule has 3 heterocycles. The number of hydrogen-bond donors (Lipinski definition) is 1. The van der Waals surface area contributed by atoms with E-state index in [0.29, 0.717) is 30.7 Å². The number of ether oxygens (including phenoxy) is 1. The standard InChI is InChI=1S/C25H23N3O5/c29-20-14-32-21-10-11-28(23(20)21)25(31)19(12-16-4-2-1-3-5-16)27-24(30)18-8-6-17(7-9-18)22-13-26-15-33-22/h1-9,13,15,19,21,23H,10-12,14H2,(H,27,30). The molecule has 2 aromatic carbocycles. The van der Waals surface area contributed by atoms with Gasteiger partial charge < -0.3 is 19.4 Å². The van der Waals surface area contributed by atoms with Gasteiger partial charge in [0, 0.05) is 24.1 Å². The van der Waals surface area contributed by atoms with Gasteiger partial charge in [0.15, 0.2) is 17.9 Å². The first-order valence-electron chi connectivity index (χ1n) is 10.9. The molecule has 8 heteroatoms. The highest BCUT2D eigenvalue weighted by Gasteiger charge is 2.48. The van der Waals surface area contributed by atoms with Crippen molar-refractivity contribution in [3.05, 3.63) is 78.3 Å². The zero-order chi connectivity index (χ0) is 22.8. The van der Waals surface area contributed by atoms with Crippen LogP contribution in [-0.4, -0.2) is 58.8 Å². The van der Waals surface area contributed by atoms with Crippen LogP contribution in [0.15, 0.2) is 71.6 Å². The number of carbonyl (C=O) groups is 3. The van der Waals surface area contributed by atoms with Crippen LogP contribution in [0, 0.1) is 0 Å². The Labute approximate surface area is 190 Å². The largest absolute Gasteiger partial charge is 0.444 e.